The molecule has 0 saturated heterocycles. The lowest BCUT2D eigenvalue weighted by Crippen LogP contribution is -2.68. The Hall–Kier alpha value is -2.20. The van der Waals surface area contributed by atoms with Crippen LogP contribution in [0.2, 0.25) is 0 Å². The molecule has 0 heterocycles. The maximum atomic E-state index is 14.7. The standard InChI is InChI=1S/C49H72FNO2/c1-33(2)22-30-51-49-27-19-37(34(3)4)42(49)39-15-16-41-45(7)23-20-38(44(5,6)40(45)21-24-47(41,9)46(39,8)28-29-49)36-17-25-48(32-50,26-18-36)43(52)53-31-35-13-11-10-12-14-35/h10-14,17,20,33,37,39-42,51H,3,15-16,18-19,21-32H2,1-2,4-9H3/t37-,39+,40-,41?,42+,45-,46+,47+,48-,49-/m0/s1. The van der Waals surface area contributed by atoms with Gasteiger partial charge in [0.1, 0.15) is 13.3 Å². The summed E-state index contributed by atoms with van der Waals surface area (Å²) in [5.74, 6) is 3.74. The Labute approximate surface area is 322 Å². The summed E-state index contributed by atoms with van der Waals surface area (Å²) >= 11 is 0. The summed E-state index contributed by atoms with van der Waals surface area (Å²) < 4.78 is 20.4. The Morgan fingerprint density at radius 3 is 2.32 bits per heavy atom. The second-order valence-corrected chi connectivity index (χ2v) is 20.9. The van der Waals surface area contributed by atoms with Gasteiger partial charge in [-0.05, 0) is 171 Å². The molecule has 0 aromatic heterocycles. The average Bonchev–Trinajstić information content (AvgIpc) is 3.51. The molecule has 1 N–H and O–H groups in total. The van der Waals surface area contributed by atoms with E-state index in [1.54, 1.807) is 0 Å². The van der Waals surface area contributed by atoms with Crippen molar-refractivity contribution in [1.29, 1.82) is 0 Å². The highest BCUT2D eigenvalue weighted by Crippen LogP contribution is 2.76. The molecule has 0 radical (unpaired) electrons. The summed E-state index contributed by atoms with van der Waals surface area (Å²) in [5, 5.41) is 4.27. The van der Waals surface area contributed by atoms with Gasteiger partial charge in [0, 0.05) is 5.54 Å². The molecule has 6 aliphatic rings. The van der Waals surface area contributed by atoms with E-state index in [1.165, 1.54) is 74.5 Å². The number of rotatable bonds is 10. The van der Waals surface area contributed by atoms with Crippen molar-refractivity contribution in [2.24, 2.45) is 62.6 Å². The third-order valence-electron chi connectivity index (χ3n) is 17.7. The van der Waals surface area contributed by atoms with Crippen LogP contribution in [0.25, 0.3) is 0 Å². The van der Waals surface area contributed by atoms with E-state index < -0.39 is 18.1 Å². The molecular weight excluding hydrogens is 654 g/mol. The first-order chi connectivity index (χ1) is 25.1. The van der Waals surface area contributed by atoms with Gasteiger partial charge in [0.15, 0.2) is 0 Å². The van der Waals surface area contributed by atoms with Gasteiger partial charge in [-0.3, -0.25) is 4.79 Å². The Bertz CT molecular complexity index is 1610. The Kier molecular flexibility index (Phi) is 10.4. The molecule has 0 spiro atoms. The van der Waals surface area contributed by atoms with Crippen LogP contribution in [0.4, 0.5) is 4.39 Å². The Balaban J connectivity index is 1.12. The molecule has 1 aromatic carbocycles. The number of hydrogen-bond donors (Lipinski definition) is 1. The van der Waals surface area contributed by atoms with Gasteiger partial charge in [-0.2, -0.15) is 0 Å². The van der Waals surface area contributed by atoms with E-state index in [0.717, 1.165) is 36.8 Å². The van der Waals surface area contributed by atoms with Gasteiger partial charge in [0.25, 0.3) is 0 Å². The molecule has 0 bridgehead atoms. The lowest BCUT2D eigenvalue weighted by Gasteiger charge is -2.72. The largest absolute Gasteiger partial charge is 0.460 e. The molecular formula is C49H72FNO2. The third kappa shape index (κ3) is 6.17. The van der Waals surface area contributed by atoms with E-state index >= 15 is 0 Å². The first-order valence-corrected chi connectivity index (χ1v) is 21.6. The van der Waals surface area contributed by atoms with Crippen LogP contribution >= 0.6 is 0 Å². The van der Waals surface area contributed by atoms with Crippen molar-refractivity contribution in [3.05, 3.63) is 71.3 Å². The molecule has 3 nitrogen and oxygen atoms in total. The van der Waals surface area contributed by atoms with Crippen LogP contribution in [0.3, 0.4) is 0 Å². The number of hydrogen-bond acceptors (Lipinski definition) is 3. The fourth-order valence-electron chi connectivity index (χ4n) is 14.6. The fourth-order valence-corrected chi connectivity index (χ4v) is 14.6. The minimum atomic E-state index is -1.07. The number of nitrogens with one attached hydrogen (secondary N) is 1. The molecule has 53 heavy (non-hydrogen) atoms. The van der Waals surface area contributed by atoms with Gasteiger partial charge >= 0.3 is 5.97 Å². The van der Waals surface area contributed by atoms with Crippen LogP contribution in [-0.2, 0) is 16.1 Å². The average molecular weight is 726 g/mol. The minimum Gasteiger partial charge on any atom is -0.460 e. The highest BCUT2D eigenvalue weighted by Gasteiger charge is 2.70. The summed E-state index contributed by atoms with van der Waals surface area (Å²) in [4.78, 5) is 13.3. The van der Waals surface area contributed by atoms with Gasteiger partial charge in [-0.25, -0.2) is 4.39 Å². The van der Waals surface area contributed by atoms with Crippen molar-refractivity contribution in [1.82, 2.24) is 5.32 Å². The van der Waals surface area contributed by atoms with Gasteiger partial charge in [0.05, 0.1) is 5.41 Å². The van der Waals surface area contributed by atoms with Crippen LogP contribution in [0.1, 0.15) is 144 Å². The molecule has 1 unspecified atom stereocenters. The molecule has 0 amide bonds. The van der Waals surface area contributed by atoms with Crippen molar-refractivity contribution in [2.45, 2.75) is 151 Å². The number of carbonyl (C=O) groups excluding carboxylic acids is 1. The number of allylic oxidation sites excluding steroid dienone is 5. The summed E-state index contributed by atoms with van der Waals surface area (Å²) in [7, 11) is 0. The first-order valence-electron chi connectivity index (χ1n) is 21.6. The molecule has 4 fully saturated rings. The highest BCUT2D eigenvalue weighted by molar-refractivity contribution is 5.78. The molecule has 6 aliphatic carbocycles. The second-order valence-electron chi connectivity index (χ2n) is 20.9. The van der Waals surface area contributed by atoms with E-state index in [1.807, 2.05) is 30.3 Å². The smallest absolute Gasteiger partial charge is 0.315 e. The van der Waals surface area contributed by atoms with Crippen molar-refractivity contribution in [3.8, 4) is 0 Å². The molecule has 10 atom stereocenters. The van der Waals surface area contributed by atoms with Gasteiger partial charge in [0.2, 0.25) is 0 Å². The molecule has 0 aliphatic heterocycles. The van der Waals surface area contributed by atoms with E-state index in [9.17, 15) is 9.18 Å². The lowest BCUT2D eigenvalue weighted by molar-refractivity contribution is -0.221. The van der Waals surface area contributed by atoms with Gasteiger partial charge < -0.3 is 10.1 Å². The summed E-state index contributed by atoms with van der Waals surface area (Å²) in [6.45, 7) is 25.5. The quantitative estimate of drug-likeness (QED) is 0.193. The Morgan fingerprint density at radius 2 is 1.66 bits per heavy atom. The second kappa shape index (κ2) is 14.1. The number of fused-ring (bicyclic) bond motifs is 7. The summed E-state index contributed by atoms with van der Waals surface area (Å²) in [5.41, 5.74) is 5.32. The first kappa shape index (κ1) is 39.1. The third-order valence-corrected chi connectivity index (χ3v) is 17.7. The predicted molar refractivity (Wildman–Crippen MR) is 217 cm³/mol. The Morgan fingerprint density at radius 1 is 0.906 bits per heavy atom. The van der Waals surface area contributed by atoms with E-state index in [0.29, 0.717) is 47.3 Å². The SMILES string of the molecule is C=C(C)[C@@H]1CC[C@]2(NCCC(C)C)CC[C@]3(C)[C@H](CCC4[C@@]5(C)CC=C(C6=CC[C@](CF)(C(=O)OCc7ccccc7)CC6)C(C)(C)[C@@H]5CC[C@]43C)[C@@H]12. The highest BCUT2D eigenvalue weighted by atomic mass is 19.1. The van der Waals surface area contributed by atoms with E-state index in [2.05, 4.69) is 79.4 Å². The van der Waals surface area contributed by atoms with Crippen molar-refractivity contribution in [3.63, 3.8) is 0 Å². The van der Waals surface area contributed by atoms with Gasteiger partial charge in [-0.1, -0.05) is 103 Å². The van der Waals surface area contributed by atoms with Crippen LogP contribution in [0, 0.1) is 62.6 Å². The van der Waals surface area contributed by atoms with Crippen molar-refractivity contribution < 1.29 is 13.9 Å². The zero-order valence-electron chi connectivity index (χ0n) is 34.7. The normalized spacial score (nSPS) is 41.7. The minimum absolute atomic E-state index is 0.0278. The molecule has 7 rings (SSSR count). The molecule has 1 aromatic rings. The summed E-state index contributed by atoms with van der Waals surface area (Å²) in [6.07, 6.45) is 19.5. The van der Waals surface area contributed by atoms with Crippen LogP contribution in [0.5, 0.6) is 0 Å². The van der Waals surface area contributed by atoms with Crippen molar-refractivity contribution in [2.75, 3.05) is 13.2 Å². The number of benzene rings is 1. The van der Waals surface area contributed by atoms with Crippen LogP contribution in [-0.4, -0.2) is 24.7 Å². The predicted octanol–water partition coefficient (Wildman–Crippen LogP) is 12.4. The molecule has 4 heteroatoms. The molecule has 292 valence electrons. The number of alkyl halides is 1. The monoisotopic (exact) mass is 726 g/mol. The number of carbonyl (C=O) groups is 1. The zero-order chi connectivity index (χ0) is 38.0. The van der Waals surface area contributed by atoms with Crippen LogP contribution < -0.4 is 5.32 Å². The van der Waals surface area contributed by atoms with Crippen molar-refractivity contribution >= 4 is 5.97 Å². The number of ether oxygens (including phenoxy) is 1. The lowest BCUT2D eigenvalue weighted by atomic mass is 9.33. The number of halogens is 1. The molecule has 4 saturated carbocycles. The van der Waals surface area contributed by atoms with Gasteiger partial charge in [-0.15, -0.1) is 0 Å². The summed E-state index contributed by atoms with van der Waals surface area (Å²) in [6, 6.07) is 9.72. The maximum absolute atomic E-state index is 14.7. The fraction of sp³-hybridized carbons (Fsp3) is 0.735. The topological polar surface area (TPSA) is 38.3 Å². The van der Waals surface area contributed by atoms with E-state index in [-0.39, 0.29) is 23.0 Å². The van der Waals surface area contributed by atoms with Crippen LogP contribution in [0.15, 0.2) is 65.8 Å². The zero-order valence-corrected chi connectivity index (χ0v) is 34.7. The number of esters is 1. The van der Waals surface area contributed by atoms with E-state index in [4.69, 9.17) is 4.74 Å². The maximum Gasteiger partial charge on any atom is 0.315 e.